The van der Waals surface area contributed by atoms with Crippen molar-refractivity contribution in [3.05, 3.63) is 29.6 Å². The van der Waals surface area contributed by atoms with Gasteiger partial charge in [0.05, 0.1) is 12.8 Å². The predicted octanol–water partition coefficient (Wildman–Crippen LogP) is 2.05. The third-order valence-corrected chi connectivity index (χ3v) is 3.30. The van der Waals surface area contributed by atoms with Gasteiger partial charge >= 0.3 is 0 Å². The van der Waals surface area contributed by atoms with Crippen LogP contribution in [0.15, 0.2) is 29.6 Å². The Kier molecular flexibility index (Phi) is 2.22. The van der Waals surface area contributed by atoms with Gasteiger partial charge in [-0.2, -0.15) is 4.98 Å². The number of rotatable bonds is 2. The van der Waals surface area contributed by atoms with Crippen molar-refractivity contribution < 1.29 is 4.74 Å². The fourth-order valence-electron chi connectivity index (χ4n) is 1.74. The summed E-state index contributed by atoms with van der Waals surface area (Å²) in [6, 6.07) is 7.79. The lowest BCUT2D eigenvalue weighted by molar-refractivity contribution is 0.416. The zero-order valence-corrected chi connectivity index (χ0v) is 9.94. The van der Waals surface area contributed by atoms with Crippen LogP contribution in [0.5, 0.6) is 5.75 Å². The summed E-state index contributed by atoms with van der Waals surface area (Å²) in [7, 11) is 1.65. The summed E-state index contributed by atoms with van der Waals surface area (Å²) >= 11 is 1.50. The van der Waals surface area contributed by atoms with Crippen molar-refractivity contribution in [3.8, 4) is 17.0 Å². The average Bonchev–Trinajstić information content (AvgIpc) is 2.87. The number of ether oxygens (including phenoxy) is 1. The Bertz CT molecular complexity index is 673. The molecule has 0 saturated carbocycles. The normalized spacial score (nSPS) is 10.9. The first-order valence-corrected chi connectivity index (χ1v) is 5.90. The molecule has 0 bridgehead atoms. The highest BCUT2D eigenvalue weighted by Gasteiger charge is 2.13. The van der Waals surface area contributed by atoms with Crippen molar-refractivity contribution in [1.29, 1.82) is 0 Å². The molecular formula is C11H10N4OS. The van der Waals surface area contributed by atoms with Crippen LogP contribution in [0, 0.1) is 0 Å². The number of nitrogen functional groups attached to an aromatic ring is 1. The summed E-state index contributed by atoms with van der Waals surface area (Å²) in [5, 5.41) is 6.16. The maximum absolute atomic E-state index is 5.58. The molecule has 0 unspecified atom stereocenters. The molecule has 2 N–H and O–H groups in total. The summed E-state index contributed by atoms with van der Waals surface area (Å²) in [6.45, 7) is 0. The van der Waals surface area contributed by atoms with Gasteiger partial charge in [0, 0.05) is 10.9 Å². The molecule has 86 valence electrons. The van der Waals surface area contributed by atoms with Gasteiger partial charge in [-0.1, -0.05) is 12.1 Å². The highest BCUT2D eigenvalue weighted by Crippen LogP contribution is 2.32. The van der Waals surface area contributed by atoms with Crippen molar-refractivity contribution >= 4 is 22.2 Å². The summed E-state index contributed by atoms with van der Waals surface area (Å²) in [6.07, 6.45) is 0. The Balaban J connectivity index is 2.26. The van der Waals surface area contributed by atoms with Crippen LogP contribution in [0.1, 0.15) is 0 Å². The second-order valence-electron chi connectivity index (χ2n) is 3.49. The third kappa shape index (κ3) is 1.53. The maximum Gasteiger partial charge on any atom is 0.241 e. The highest BCUT2D eigenvalue weighted by atomic mass is 32.1. The maximum atomic E-state index is 5.58. The van der Waals surface area contributed by atoms with E-state index in [-0.39, 0.29) is 5.95 Å². The van der Waals surface area contributed by atoms with E-state index in [0.717, 1.165) is 22.0 Å². The molecule has 0 aliphatic carbocycles. The molecule has 2 aromatic heterocycles. The third-order valence-electron chi connectivity index (χ3n) is 2.48. The molecular weight excluding hydrogens is 236 g/mol. The fraction of sp³-hybridized carbons (Fsp3) is 0.0909. The second-order valence-corrected chi connectivity index (χ2v) is 4.32. The van der Waals surface area contributed by atoms with E-state index in [0.29, 0.717) is 0 Å². The number of methoxy groups -OCH3 is 1. The average molecular weight is 246 g/mol. The molecule has 5 nitrogen and oxygen atoms in total. The smallest absolute Gasteiger partial charge is 0.241 e. The van der Waals surface area contributed by atoms with Crippen LogP contribution in [-0.2, 0) is 0 Å². The Morgan fingerprint density at radius 2 is 2.18 bits per heavy atom. The Labute approximate surface area is 101 Å². The highest BCUT2D eigenvalue weighted by molar-refractivity contribution is 7.15. The van der Waals surface area contributed by atoms with Gasteiger partial charge in [-0.25, -0.2) is 4.52 Å². The molecule has 0 aliphatic rings. The number of hydrogen-bond acceptors (Lipinski definition) is 5. The van der Waals surface area contributed by atoms with Crippen LogP contribution in [0.4, 0.5) is 5.95 Å². The first kappa shape index (κ1) is 10.1. The van der Waals surface area contributed by atoms with Gasteiger partial charge in [0.25, 0.3) is 0 Å². The number of hydrogen-bond donors (Lipinski definition) is 1. The molecule has 0 saturated heterocycles. The zero-order valence-electron chi connectivity index (χ0n) is 9.12. The predicted molar refractivity (Wildman–Crippen MR) is 67.3 cm³/mol. The SMILES string of the molecule is COc1ccccc1-c1csc2nc(N)nn12. The van der Waals surface area contributed by atoms with Gasteiger partial charge in [0.2, 0.25) is 10.9 Å². The van der Waals surface area contributed by atoms with Crippen molar-refractivity contribution in [2.75, 3.05) is 12.8 Å². The van der Waals surface area contributed by atoms with Crippen LogP contribution >= 0.6 is 11.3 Å². The summed E-state index contributed by atoms with van der Waals surface area (Å²) in [5.41, 5.74) is 7.50. The van der Waals surface area contributed by atoms with E-state index in [4.69, 9.17) is 10.5 Å². The van der Waals surface area contributed by atoms with E-state index in [1.165, 1.54) is 11.3 Å². The second kappa shape index (κ2) is 3.74. The first-order valence-electron chi connectivity index (χ1n) is 5.02. The lowest BCUT2D eigenvalue weighted by Gasteiger charge is -2.05. The molecule has 3 rings (SSSR count). The van der Waals surface area contributed by atoms with E-state index in [1.807, 2.05) is 29.6 Å². The monoisotopic (exact) mass is 246 g/mol. The topological polar surface area (TPSA) is 65.4 Å². The van der Waals surface area contributed by atoms with Gasteiger partial charge in [-0.15, -0.1) is 16.4 Å². The minimum atomic E-state index is 0.285. The van der Waals surface area contributed by atoms with Crippen molar-refractivity contribution in [3.63, 3.8) is 0 Å². The van der Waals surface area contributed by atoms with Gasteiger partial charge in [-0.05, 0) is 12.1 Å². The molecule has 2 heterocycles. The lowest BCUT2D eigenvalue weighted by Crippen LogP contribution is -1.93. The first-order chi connectivity index (χ1) is 8.29. The van der Waals surface area contributed by atoms with Crippen LogP contribution in [-0.4, -0.2) is 21.7 Å². The molecule has 0 amide bonds. The van der Waals surface area contributed by atoms with Crippen molar-refractivity contribution in [2.24, 2.45) is 0 Å². The number of nitrogens with two attached hydrogens (primary N) is 1. The Hall–Kier alpha value is -2.08. The Morgan fingerprint density at radius 3 is 3.00 bits per heavy atom. The molecule has 0 fully saturated rings. The summed E-state index contributed by atoms with van der Waals surface area (Å²) in [4.78, 5) is 4.90. The van der Waals surface area contributed by atoms with Gasteiger partial charge in [0.15, 0.2) is 0 Å². The zero-order chi connectivity index (χ0) is 11.8. The van der Waals surface area contributed by atoms with Gasteiger partial charge < -0.3 is 10.5 Å². The molecule has 0 aliphatic heterocycles. The molecule has 1 aromatic carbocycles. The number of thiazole rings is 1. The lowest BCUT2D eigenvalue weighted by atomic mass is 10.1. The fourth-order valence-corrected chi connectivity index (χ4v) is 2.57. The summed E-state index contributed by atoms with van der Waals surface area (Å²) in [5.74, 6) is 1.09. The number of fused-ring (bicyclic) bond motifs is 1. The molecule has 0 spiro atoms. The van der Waals surface area contributed by atoms with E-state index in [1.54, 1.807) is 11.6 Å². The number of para-hydroxylation sites is 1. The van der Waals surface area contributed by atoms with E-state index in [9.17, 15) is 0 Å². The largest absolute Gasteiger partial charge is 0.496 e. The molecule has 6 heteroatoms. The van der Waals surface area contributed by atoms with Gasteiger partial charge in [0.1, 0.15) is 5.75 Å². The Morgan fingerprint density at radius 1 is 1.35 bits per heavy atom. The van der Waals surface area contributed by atoms with Crippen LogP contribution in [0.25, 0.3) is 16.2 Å². The number of anilines is 1. The molecule has 3 aromatic rings. The van der Waals surface area contributed by atoms with E-state index < -0.39 is 0 Å². The van der Waals surface area contributed by atoms with Crippen LogP contribution in [0.3, 0.4) is 0 Å². The van der Waals surface area contributed by atoms with Crippen molar-refractivity contribution in [1.82, 2.24) is 14.6 Å². The minimum absolute atomic E-state index is 0.285. The molecule has 0 atom stereocenters. The number of aromatic nitrogens is 3. The van der Waals surface area contributed by atoms with Crippen LogP contribution in [0.2, 0.25) is 0 Å². The van der Waals surface area contributed by atoms with E-state index >= 15 is 0 Å². The van der Waals surface area contributed by atoms with Crippen molar-refractivity contribution in [2.45, 2.75) is 0 Å². The quantitative estimate of drug-likeness (QED) is 0.751. The van der Waals surface area contributed by atoms with Crippen LogP contribution < -0.4 is 10.5 Å². The standard InChI is InChI=1S/C11H10N4OS/c1-16-9-5-3-2-4-7(9)8-6-17-11-13-10(12)14-15(8)11/h2-6H,1H3,(H2,12,14). The number of benzene rings is 1. The number of nitrogens with zero attached hydrogens (tertiary/aromatic N) is 3. The van der Waals surface area contributed by atoms with E-state index in [2.05, 4.69) is 10.1 Å². The molecule has 17 heavy (non-hydrogen) atoms. The minimum Gasteiger partial charge on any atom is -0.496 e. The van der Waals surface area contributed by atoms with Gasteiger partial charge in [-0.3, -0.25) is 0 Å². The molecule has 0 radical (unpaired) electrons. The summed E-state index contributed by atoms with van der Waals surface area (Å²) < 4.78 is 7.07.